The summed E-state index contributed by atoms with van der Waals surface area (Å²) in [4.78, 5) is 0. The lowest BCUT2D eigenvalue weighted by atomic mass is 9.54. The molecule has 18 heavy (non-hydrogen) atoms. The van der Waals surface area contributed by atoms with E-state index in [0.29, 0.717) is 30.1 Å². The molecule has 0 radical (unpaired) electrons. The van der Waals surface area contributed by atoms with Crippen molar-refractivity contribution in [2.24, 2.45) is 29.6 Å². The summed E-state index contributed by atoms with van der Waals surface area (Å²) in [5, 5.41) is 30.9. The summed E-state index contributed by atoms with van der Waals surface area (Å²) in [6.45, 7) is 4.08. The Kier molecular flexibility index (Phi) is 2.82. The Balaban J connectivity index is 1.96. The minimum Gasteiger partial charge on any atom is -0.393 e. The first-order valence-electron chi connectivity index (χ1n) is 7.45. The van der Waals surface area contributed by atoms with Gasteiger partial charge in [0.15, 0.2) is 0 Å². The van der Waals surface area contributed by atoms with Crippen LogP contribution in [0.4, 0.5) is 0 Å². The van der Waals surface area contributed by atoms with Crippen molar-refractivity contribution in [2.45, 2.75) is 57.2 Å². The van der Waals surface area contributed by atoms with Gasteiger partial charge in [0.2, 0.25) is 0 Å². The van der Waals surface area contributed by atoms with Crippen molar-refractivity contribution in [2.75, 3.05) is 6.61 Å². The van der Waals surface area contributed by atoms with Crippen LogP contribution in [0.5, 0.6) is 0 Å². The smallest absolute Gasteiger partial charge is 0.0908 e. The summed E-state index contributed by atoms with van der Waals surface area (Å²) in [5.41, 5.74) is -1.45. The molecule has 0 heterocycles. The van der Waals surface area contributed by atoms with Gasteiger partial charge in [-0.2, -0.15) is 0 Å². The van der Waals surface area contributed by atoms with Crippen LogP contribution in [0.15, 0.2) is 0 Å². The van der Waals surface area contributed by atoms with Gasteiger partial charge in [-0.05, 0) is 62.2 Å². The second-order valence-electron chi connectivity index (χ2n) is 7.39. The zero-order valence-electron chi connectivity index (χ0n) is 11.5. The van der Waals surface area contributed by atoms with Crippen LogP contribution in [0.25, 0.3) is 0 Å². The fourth-order valence-corrected chi connectivity index (χ4v) is 5.42. The van der Waals surface area contributed by atoms with Crippen molar-refractivity contribution in [1.82, 2.24) is 0 Å². The summed E-state index contributed by atoms with van der Waals surface area (Å²) < 4.78 is 0. The van der Waals surface area contributed by atoms with Gasteiger partial charge < -0.3 is 15.3 Å². The predicted octanol–water partition coefficient (Wildman–Crippen LogP) is 1.55. The maximum absolute atomic E-state index is 10.7. The standard InChI is InChI=1S/C15H26O3/c1-9-3-4-11-12(9)13-10(7-14(13,2)17)5-6-15(11,18)8-16/h9-13,16-18H,3-8H2,1-2H3. The van der Waals surface area contributed by atoms with Gasteiger partial charge >= 0.3 is 0 Å². The van der Waals surface area contributed by atoms with Gasteiger partial charge in [-0.3, -0.25) is 0 Å². The van der Waals surface area contributed by atoms with E-state index in [0.717, 1.165) is 25.7 Å². The maximum Gasteiger partial charge on any atom is 0.0908 e. The highest BCUT2D eigenvalue weighted by Gasteiger charge is 2.61. The zero-order valence-corrected chi connectivity index (χ0v) is 11.5. The lowest BCUT2D eigenvalue weighted by Gasteiger charge is -2.54. The first-order chi connectivity index (χ1) is 8.39. The monoisotopic (exact) mass is 254 g/mol. The molecule has 3 aliphatic carbocycles. The van der Waals surface area contributed by atoms with Crippen LogP contribution in [0, 0.1) is 29.6 Å². The first kappa shape index (κ1) is 12.9. The molecule has 0 spiro atoms. The fourth-order valence-electron chi connectivity index (χ4n) is 5.42. The Labute approximate surface area is 109 Å². The minimum atomic E-state index is -0.900. The third-order valence-corrected chi connectivity index (χ3v) is 6.28. The summed E-state index contributed by atoms with van der Waals surface area (Å²) in [7, 11) is 0. The number of rotatable bonds is 1. The summed E-state index contributed by atoms with van der Waals surface area (Å²) in [5.74, 6) is 2.01. The molecule has 3 saturated carbocycles. The van der Waals surface area contributed by atoms with Crippen molar-refractivity contribution in [1.29, 1.82) is 0 Å². The Bertz CT molecular complexity index is 341. The molecule has 0 aromatic heterocycles. The summed E-state index contributed by atoms with van der Waals surface area (Å²) in [6, 6.07) is 0. The highest BCUT2D eigenvalue weighted by Crippen LogP contribution is 2.61. The van der Waals surface area contributed by atoms with Crippen LogP contribution < -0.4 is 0 Å². The van der Waals surface area contributed by atoms with Crippen LogP contribution in [-0.4, -0.2) is 33.1 Å². The molecule has 3 rings (SSSR count). The molecule has 0 bridgehead atoms. The number of hydrogen-bond acceptors (Lipinski definition) is 3. The molecule has 3 N–H and O–H groups in total. The van der Waals surface area contributed by atoms with E-state index in [1.54, 1.807) is 0 Å². The van der Waals surface area contributed by atoms with E-state index in [1.807, 2.05) is 6.92 Å². The first-order valence-corrected chi connectivity index (χ1v) is 7.45. The molecule has 7 atom stereocenters. The van der Waals surface area contributed by atoms with Gasteiger partial charge in [0, 0.05) is 0 Å². The topological polar surface area (TPSA) is 60.7 Å². The molecule has 0 aliphatic heterocycles. The third-order valence-electron chi connectivity index (χ3n) is 6.28. The molecule has 3 fully saturated rings. The van der Waals surface area contributed by atoms with E-state index in [1.165, 1.54) is 0 Å². The van der Waals surface area contributed by atoms with Crippen LogP contribution >= 0.6 is 0 Å². The fraction of sp³-hybridized carbons (Fsp3) is 1.00. The quantitative estimate of drug-likeness (QED) is 0.665. The van der Waals surface area contributed by atoms with Crippen molar-refractivity contribution in [3.05, 3.63) is 0 Å². The van der Waals surface area contributed by atoms with E-state index in [4.69, 9.17) is 0 Å². The minimum absolute atomic E-state index is 0.123. The Morgan fingerprint density at radius 2 is 1.89 bits per heavy atom. The zero-order chi connectivity index (χ0) is 13.1. The van der Waals surface area contributed by atoms with Crippen LogP contribution in [0.2, 0.25) is 0 Å². The van der Waals surface area contributed by atoms with Gasteiger partial charge in [0.05, 0.1) is 17.8 Å². The second kappa shape index (κ2) is 3.94. The highest BCUT2D eigenvalue weighted by atomic mass is 16.3. The molecule has 0 saturated heterocycles. The number of aliphatic hydroxyl groups is 3. The van der Waals surface area contributed by atoms with E-state index < -0.39 is 11.2 Å². The summed E-state index contributed by atoms with van der Waals surface area (Å²) >= 11 is 0. The summed E-state index contributed by atoms with van der Waals surface area (Å²) in [6.07, 6.45) is 4.65. The predicted molar refractivity (Wildman–Crippen MR) is 68.9 cm³/mol. The molecular weight excluding hydrogens is 228 g/mol. The van der Waals surface area contributed by atoms with E-state index in [2.05, 4.69) is 6.92 Å². The number of aliphatic hydroxyl groups excluding tert-OH is 1. The Morgan fingerprint density at radius 1 is 1.17 bits per heavy atom. The van der Waals surface area contributed by atoms with Crippen molar-refractivity contribution >= 4 is 0 Å². The van der Waals surface area contributed by atoms with Crippen molar-refractivity contribution in [3.8, 4) is 0 Å². The normalized spacial score (nSPS) is 59.5. The maximum atomic E-state index is 10.7. The van der Waals surface area contributed by atoms with E-state index >= 15 is 0 Å². The van der Waals surface area contributed by atoms with Crippen LogP contribution in [0.1, 0.15) is 46.0 Å². The average molecular weight is 254 g/mol. The van der Waals surface area contributed by atoms with Gasteiger partial charge in [0.25, 0.3) is 0 Å². The number of hydrogen-bond donors (Lipinski definition) is 3. The highest BCUT2D eigenvalue weighted by molar-refractivity contribution is 5.11. The van der Waals surface area contributed by atoms with Gasteiger partial charge in [-0.15, -0.1) is 0 Å². The molecule has 3 heteroatoms. The van der Waals surface area contributed by atoms with Gasteiger partial charge in [-0.1, -0.05) is 13.3 Å². The third kappa shape index (κ3) is 1.60. The van der Waals surface area contributed by atoms with Crippen molar-refractivity contribution < 1.29 is 15.3 Å². The van der Waals surface area contributed by atoms with Gasteiger partial charge in [-0.25, -0.2) is 0 Å². The Hall–Kier alpha value is -0.120. The molecular formula is C15H26O3. The molecule has 0 amide bonds. The average Bonchev–Trinajstić information content (AvgIpc) is 2.61. The van der Waals surface area contributed by atoms with Crippen LogP contribution in [-0.2, 0) is 0 Å². The van der Waals surface area contributed by atoms with E-state index in [-0.39, 0.29) is 12.5 Å². The molecule has 104 valence electrons. The second-order valence-corrected chi connectivity index (χ2v) is 7.39. The van der Waals surface area contributed by atoms with Gasteiger partial charge in [0.1, 0.15) is 0 Å². The molecule has 3 nitrogen and oxygen atoms in total. The lowest BCUT2D eigenvalue weighted by Crippen LogP contribution is -2.56. The molecule has 0 aromatic carbocycles. The van der Waals surface area contributed by atoms with Crippen LogP contribution in [0.3, 0.4) is 0 Å². The van der Waals surface area contributed by atoms with E-state index in [9.17, 15) is 15.3 Å². The van der Waals surface area contributed by atoms with Crippen molar-refractivity contribution in [3.63, 3.8) is 0 Å². The molecule has 3 aliphatic rings. The molecule has 0 aromatic rings. The lowest BCUT2D eigenvalue weighted by molar-refractivity contribution is -0.163. The SMILES string of the molecule is CC1CCC2C1C1C(CCC2(O)CO)CC1(C)O. The molecule has 7 unspecified atom stereocenters. The Morgan fingerprint density at radius 3 is 2.50 bits per heavy atom. The largest absolute Gasteiger partial charge is 0.393 e. The number of fused-ring (bicyclic) bond motifs is 3.